The van der Waals surface area contributed by atoms with Gasteiger partial charge < -0.3 is 4.90 Å². The fourth-order valence-corrected chi connectivity index (χ4v) is 8.44. The predicted octanol–water partition coefficient (Wildman–Crippen LogP) is 17.5. The summed E-state index contributed by atoms with van der Waals surface area (Å²) < 4.78 is 77.4. The van der Waals surface area contributed by atoms with Gasteiger partial charge in [0, 0.05) is 17.1 Å². The van der Waals surface area contributed by atoms with Gasteiger partial charge in [-0.3, -0.25) is 0 Å². The molecule has 11 rings (SSSR count). The van der Waals surface area contributed by atoms with Crippen molar-refractivity contribution >= 4 is 38.6 Å². The maximum absolute atomic E-state index is 9.79. The first-order valence-electron chi connectivity index (χ1n) is 25.0. The third kappa shape index (κ3) is 7.58. The van der Waals surface area contributed by atoms with Crippen LogP contribution in [0.2, 0.25) is 0 Å². The van der Waals surface area contributed by atoms with E-state index in [-0.39, 0.29) is 46.7 Å². The summed E-state index contributed by atoms with van der Waals surface area (Å²) in [5.74, 6) is 0. The Kier molecular flexibility index (Phi) is 7.90. The number of fused-ring (bicyclic) bond motifs is 2. The van der Waals surface area contributed by atoms with Crippen molar-refractivity contribution in [3.63, 3.8) is 0 Å². The first-order valence-corrected chi connectivity index (χ1v) is 21.0. The lowest BCUT2D eigenvalue weighted by Crippen LogP contribution is -2.09. The van der Waals surface area contributed by atoms with E-state index in [9.17, 15) is 11.0 Å². The van der Waals surface area contributed by atoms with Gasteiger partial charge in [0.25, 0.3) is 0 Å². The highest BCUT2D eigenvalue weighted by Crippen LogP contribution is 2.40. The third-order valence-corrected chi connectivity index (χ3v) is 11.6. The van der Waals surface area contributed by atoms with Crippen molar-refractivity contribution in [1.82, 2.24) is 0 Å². The van der Waals surface area contributed by atoms with Crippen LogP contribution >= 0.6 is 0 Å². The Hall–Kier alpha value is -8.26. The minimum Gasteiger partial charge on any atom is -0.311 e. The Morgan fingerprint density at radius 1 is 0.238 bits per heavy atom. The molecule has 11 aromatic rings. The molecular weight excluding hydrogens is 759 g/mol. The number of anilines is 3. The van der Waals surface area contributed by atoms with E-state index in [1.54, 1.807) is 18.2 Å². The maximum Gasteiger partial charge on any atom is 0.0645 e. The summed E-state index contributed by atoms with van der Waals surface area (Å²) in [5.41, 5.74) is 8.55. The highest BCUT2D eigenvalue weighted by Gasteiger charge is 2.16. The molecule has 1 heteroatoms. The van der Waals surface area contributed by atoms with Gasteiger partial charge in [0.05, 0.1) is 11.0 Å². The SMILES string of the molecule is [2H]c1c([2H])c(N(c2ccc(-c3cccc(-c4cccc5ccccc45)c3)cc2)c2c([2H])c([2H])c(-c3cccc4ccccc34)c([2H])c2[2H])c([2H])c([2H])c1-c1cc(-c2ccccc2)cc(-c2ccccc2)c1. The molecule has 0 aromatic heterocycles. The normalized spacial score (nSPS) is 13.0. The lowest BCUT2D eigenvalue weighted by Gasteiger charge is -2.26. The van der Waals surface area contributed by atoms with Crippen molar-refractivity contribution in [3.05, 3.63) is 261 Å². The van der Waals surface area contributed by atoms with Gasteiger partial charge in [0.1, 0.15) is 0 Å². The monoisotopic (exact) mass is 809 g/mol. The van der Waals surface area contributed by atoms with Crippen LogP contribution in [0.5, 0.6) is 0 Å². The Labute approximate surface area is 380 Å². The molecule has 0 aliphatic rings. The number of benzene rings is 11. The molecule has 0 amide bonds. The molecule has 1 nitrogen and oxygen atoms in total. The first kappa shape index (κ1) is 29.9. The average Bonchev–Trinajstić information content (AvgIpc) is 3.42. The van der Waals surface area contributed by atoms with Gasteiger partial charge in [-0.15, -0.1) is 0 Å². The summed E-state index contributed by atoms with van der Waals surface area (Å²) in [6.07, 6.45) is 0. The second-order valence-electron chi connectivity index (χ2n) is 15.5. The molecule has 63 heavy (non-hydrogen) atoms. The summed E-state index contributed by atoms with van der Waals surface area (Å²) in [4.78, 5) is 1.37. The van der Waals surface area contributed by atoms with Crippen molar-refractivity contribution in [2.45, 2.75) is 0 Å². The van der Waals surface area contributed by atoms with Crippen molar-refractivity contribution < 1.29 is 11.0 Å². The Morgan fingerprint density at radius 3 is 1.17 bits per heavy atom. The molecule has 0 heterocycles. The summed E-state index contributed by atoms with van der Waals surface area (Å²) in [6, 6.07) is 65.8. The summed E-state index contributed by atoms with van der Waals surface area (Å²) >= 11 is 0. The number of hydrogen-bond acceptors (Lipinski definition) is 1. The molecule has 0 bridgehead atoms. The molecule has 0 N–H and O–H groups in total. The number of nitrogens with zero attached hydrogens (tertiary/aromatic N) is 1. The smallest absolute Gasteiger partial charge is 0.0645 e. The molecule has 0 fully saturated rings. The van der Waals surface area contributed by atoms with Gasteiger partial charge in [0.2, 0.25) is 0 Å². The lowest BCUT2D eigenvalue weighted by atomic mass is 9.93. The molecule has 0 radical (unpaired) electrons. The predicted molar refractivity (Wildman–Crippen MR) is 269 cm³/mol. The van der Waals surface area contributed by atoms with Gasteiger partial charge >= 0.3 is 0 Å². The minimum absolute atomic E-state index is 0.0888. The molecule has 0 aliphatic carbocycles. The Bertz CT molecular complexity index is 3730. The molecule has 11 aromatic carbocycles. The van der Waals surface area contributed by atoms with Gasteiger partial charge in [-0.25, -0.2) is 0 Å². The zero-order valence-corrected chi connectivity index (χ0v) is 34.2. The fourth-order valence-electron chi connectivity index (χ4n) is 8.44. The maximum atomic E-state index is 9.79. The van der Waals surface area contributed by atoms with Crippen LogP contribution in [0.15, 0.2) is 261 Å². The molecule has 0 spiro atoms. The highest BCUT2D eigenvalue weighted by molar-refractivity contribution is 5.98. The first-order chi connectivity index (χ1) is 34.6. The van der Waals surface area contributed by atoms with E-state index in [0.29, 0.717) is 16.8 Å². The topological polar surface area (TPSA) is 3.24 Å². The molecule has 0 unspecified atom stereocenters. The van der Waals surface area contributed by atoms with Crippen molar-refractivity contribution in [2.75, 3.05) is 4.90 Å². The van der Waals surface area contributed by atoms with E-state index in [2.05, 4.69) is 48.5 Å². The fraction of sp³-hybridized carbons (Fsp3) is 0. The summed E-state index contributed by atoms with van der Waals surface area (Å²) in [7, 11) is 0. The average molecular weight is 810 g/mol. The lowest BCUT2D eigenvalue weighted by molar-refractivity contribution is 1.28. The van der Waals surface area contributed by atoms with E-state index >= 15 is 0 Å². The Balaban J connectivity index is 1.10. The molecule has 0 saturated heterocycles. The molecule has 296 valence electrons. The van der Waals surface area contributed by atoms with Crippen molar-refractivity contribution in [1.29, 1.82) is 0 Å². The second-order valence-corrected chi connectivity index (χ2v) is 15.5. The van der Waals surface area contributed by atoms with Crippen LogP contribution in [-0.4, -0.2) is 0 Å². The van der Waals surface area contributed by atoms with Crippen LogP contribution in [0.25, 0.3) is 88.3 Å². The van der Waals surface area contributed by atoms with Crippen molar-refractivity contribution in [3.8, 4) is 66.8 Å². The highest BCUT2D eigenvalue weighted by atomic mass is 15.1. The van der Waals surface area contributed by atoms with Gasteiger partial charge in [0.15, 0.2) is 0 Å². The van der Waals surface area contributed by atoms with E-state index < -0.39 is 24.2 Å². The quantitative estimate of drug-likeness (QED) is 0.140. The van der Waals surface area contributed by atoms with Gasteiger partial charge in [-0.1, -0.05) is 200 Å². The molecular formula is C62H43N. The third-order valence-electron chi connectivity index (χ3n) is 11.6. The number of rotatable bonds is 9. The summed E-state index contributed by atoms with van der Waals surface area (Å²) in [5, 5.41) is 3.92. The van der Waals surface area contributed by atoms with E-state index in [1.807, 2.05) is 146 Å². The molecule has 0 atom stereocenters. The number of hydrogen-bond donors (Lipinski definition) is 0. The summed E-state index contributed by atoms with van der Waals surface area (Å²) in [6.45, 7) is 0. The largest absolute Gasteiger partial charge is 0.311 e. The van der Waals surface area contributed by atoms with Crippen molar-refractivity contribution in [2.24, 2.45) is 0 Å². The minimum atomic E-state index is -0.408. The van der Waals surface area contributed by atoms with Crippen LogP contribution in [0.3, 0.4) is 0 Å². The van der Waals surface area contributed by atoms with E-state index in [0.717, 1.165) is 66.1 Å². The van der Waals surface area contributed by atoms with Crippen LogP contribution in [-0.2, 0) is 0 Å². The van der Waals surface area contributed by atoms with Gasteiger partial charge in [-0.2, -0.15) is 0 Å². The van der Waals surface area contributed by atoms with Crippen LogP contribution in [0.1, 0.15) is 11.0 Å². The molecule has 0 aliphatic heterocycles. The zero-order chi connectivity index (χ0) is 48.9. The van der Waals surface area contributed by atoms with Gasteiger partial charge in [-0.05, 0) is 149 Å². The van der Waals surface area contributed by atoms with Crippen LogP contribution in [0.4, 0.5) is 17.1 Å². The second kappa shape index (κ2) is 16.7. The molecule has 0 saturated carbocycles. The van der Waals surface area contributed by atoms with E-state index in [1.165, 1.54) is 4.90 Å². The Morgan fingerprint density at radius 2 is 0.619 bits per heavy atom. The van der Waals surface area contributed by atoms with Crippen LogP contribution < -0.4 is 4.90 Å². The van der Waals surface area contributed by atoms with E-state index in [4.69, 9.17) is 0 Å². The van der Waals surface area contributed by atoms with Crippen LogP contribution in [0, 0.1) is 0 Å². The zero-order valence-electron chi connectivity index (χ0n) is 42.2. The standard InChI is InChI=1S/C62H43N/c1-3-14-44(15-4-1)53-41-54(45-16-5-2-6-17-45)43-55(42-53)47-30-36-57(37-31-47)63(58-38-32-50(33-39-58)61-26-12-20-48-18-7-9-24-59(48)61)56-34-28-46(29-35-56)51-22-11-23-52(40-51)62-27-13-21-49-19-8-10-25-60(49)62/h1-43H/i30D,31D,32D,33D,36D,37D,38D,39D.